The number of carbonyl (C=O) groups excluding carboxylic acids is 2. The fourth-order valence-corrected chi connectivity index (χ4v) is 4.93. The molecule has 0 aliphatic carbocycles. The van der Waals surface area contributed by atoms with Crippen molar-refractivity contribution in [3.8, 4) is 11.1 Å². The SMILES string of the molecule is COC(=O)c1ccccc1-c1ccc2ccccc2c1.COC(=O)c1ccccc1Br.OB(O)c1ccc2ccccc2c1. The first-order valence-electron chi connectivity index (χ1n) is 13.7. The molecule has 0 aromatic heterocycles. The minimum atomic E-state index is -1.38. The molecule has 8 heteroatoms. The Labute approximate surface area is 264 Å². The molecule has 6 nitrogen and oxygen atoms in total. The summed E-state index contributed by atoms with van der Waals surface area (Å²) in [6.45, 7) is 0. The van der Waals surface area contributed by atoms with Crippen LogP contribution in [-0.2, 0) is 9.47 Å². The van der Waals surface area contributed by atoms with Crippen LogP contribution in [0.2, 0.25) is 0 Å². The lowest BCUT2D eigenvalue weighted by Crippen LogP contribution is -2.29. The average molecular weight is 649 g/mol. The molecular formula is C36H30BBrO6. The molecule has 0 bridgehead atoms. The van der Waals surface area contributed by atoms with Crippen LogP contribution in [0.25, 0.3) is 32.7 Å². The van der Waals surface area contributed by atoms with E-state index >= 15 is 0 Å². The Morgan fingerprint density at radius 2 is 1.05 bits per heavy atom. The van der Waals surface area contributed by atoms with Gasteiger partial charge in [-0.1, -0.05) is 109 Å². The van der Waals surface area contributed by atoms with Crippen LogP contribution in [0, 0.1) is 0 Å². The van der Waals surface area contributed by atoms with E-state index in [0.717, 1.165) is 31.8 Å². The molecule has 2 N–H and O–H groups in total. The fourth-order valence-electron chi connectivity index (χ4n) is 4.48. The maximum atomic E-state index is 11.8. The van der Waals surface area contributed by atoms with Crippen molar-refractivity contribution < 1.29 is 29.1 Å². The molecule has 0 aliphatic rings. The molecule has 0 heterocycles. The molecule has 44 heavy (non-hydrogen) atoms. The van der Waals surface area contributed by atoms with Gasteiger partial charge in [-0.15, -0.1) is 0 Å². The second-order valence-corrected chi connectivity index (χ2v) is 10.4. The maximum Gasteiger partial charge on any atom is 0.488 e. The Balaban J connectivity index is 0.000000160. The van der Waals surface area contributed by atoms with Gasteiger partial charge in [-0.05, 0) is 78.3 Å². The summed E-state index contributed by atoms with van der Waals surface area (Å²) in [4.78, 5) is 22.8. The summed E-state index contributed by atoms with van der Waals surface area (Å²) in [5.41, 5.74) is 3.58. The van der Waals surface area contributed by atoms with E-state index in [2.05, 4.69) is 44.9 Å². The third-order valence-electron chi connectivity index (χ3n) is 6.74. The molecule has 0 amide bonds. The zero-order chi connectivity index (χ0) is 31.5. The van der Waals surface area contributed by atoms with Gasteiger partial charge in [0.2, 0.25) is 0 Å². The number of carbonyl (C=O) groups is 2. The normalized spacial score (nSPS) is 10.1. The van der Waals surface area contributed by atoms with Gasteiger partial charge in [0.05, 0.1) is 25.3 Å². The van der Waals surface area contributed by atoms with Gasteiger partial charge in [-0.3, -0.25) is 0 Å². The van der Waals surface area contributed by atoms with Crippen molar-refractivity contribution in [3.63, 3.8) is 0 Å². The molecule has 0 saturated heterocycles. The fraction of sp³-hybridized carbons (Fsp3) is 0.0556. The first-order valence-corrected chi connectivity index (χ1v) is 14.5. The topological polar surface area (TPSA) is 93.1 Å². The van der Waals surface area contributed by atoms with Crippen LogP contribution < -0.4 is 5.46 Å². The number of esters is 2. The van der Waals surface area contributed by atoms with Gasteiger partial charge < -0.3 is 19.5 Å². The molecule has 0 spiro atoms. The van der Waals surface area contributed by atoms with Gasteiger partial charge in [0, 0.05) is 4.47 Å². The number of hydrogen-bond acceptors (Lipinski definition) is 6. The zero-order valence-corrected chi connectivity index (χ0v) is 25.8. The Kier molecular flexibility index (Phi) is 11.4. The Bertz CT molecular complexity index is 1890. The van der Waals surface area contributed by atoms with E-state index in [4.69, 9.17) is 14.8 Å². The zero-order valence-electron chi connectivity index (χ0n) is 24.2. The van der Waals surface area contributed by atoms with Gasteiger partial charge in [-0.25, -0.2) is 9.59 Å². The first kappa shape index (κ1) is 32.2. The molecule has 0 aliphatic heterocycles. The number of methoxy groups -OCH3 is 2. The lowest BCUT2D eigenvalue weighted by atomic mass is 9.79. The van der Waals surface area contributed by atoms with Crippen LogP contribution in [-0.4, -0.2) is 43.3 Å². The van der Waals surface area contributed by atoms with Gasteiger partial charge in [-0.2, -0.15) is 0 Å². The molecule has 0 fully saturated rings. The number of rotatable bonds is 4. The smallest absolute Gasteiger partial charge is 0.465 e. The summed E-state index contributed by atoms with van der Waals surface area (Å²) < 4.78 is 10.2. The Morgan fingerprint density at radius 3 is 1.64 bits per heavy atom. The molecule has 0 atom stereocenters. The van der Waals surface area contributed by atoms with Crippen molar-refractivity contribution in [1.82, 2.24) is 0 Å². The standard InChI is InChI=1S/C18H14O2.C10H9BO2.C8H7BrO2/c1-20-18(19)17-9-5-4-8-16(17)15-11-10-13-6-2-3-7-14(13)12-15;12-11(13)10-6-5-8-3-1-2-4-9(8)7-10;1-11-8(10)6-4-2-3-5-7(6)9/h2-12H,1H3;1-7,12-13H;2-5H,1H3. The van der Waals surface area contributed by atoms with Crippen molar-refractivity contribution in [1.29, 1.82) is 0 Å². The maximum absolute atomic E-state index is 11.8. The summed E-state index contributed by atoms with van der Waals surface area (Å²) in [5.74, 6) is -0.633. The molecule has 6 aromatic rings. The Hall–Kier alpha value is -4.76. The van der Waals surface area contributed by atoms with Crippen LogP contribution in [0.3, 0.4) is 0 Å². The van der Waals surface area contributed by atoms with Crippen LogP contribution in [0.4, 0.5) is 0 Å². The highest BCUT2D eigenvalue weighted by atomic mass is 79.9. The van der Waals surface area contributed by atoms with Crippen LogP contribution in [0.15, 0.2) is 138 Å². The van der Waals surface area contributed by atoms with Crippen LogP contribution >= 0.6 is 15.9 Å². The second kappa shape index (κ2) is 15.6. The molecule has 220 valence electrons. The van der Waals surface area contributed by atoms with E-state index < -0.39 is 7.12 Å². The lowest BCUT2D eigenvalue weighted by Gasteiger charge is -2.09. The minimum absolute atomic E-state index is 0.311. The highest BCUT2D eigenvalue weighted by Crippen LogP contribution is 2.27. The van der Waals surface area contributed by atoms with E-state index in [1.807, 2.05) is 72.8 Å². The van der Waals surface area contributed by atoms with Gasteiger partial charge >= 0.3 is 19.1 Å². The molecule has 0 saturated carbocycles. The summed E-state index contributed by atoms with van der Waals surface area (Å²) >= 11 is 3.24. The second-order valence-electron chi connectivity index (χ2n) is 9.55. The van der Waals surface area contributed by atoms with Crippen LogP contribution in [0.1, 0.15) is 20.7 Å². The predicted molar refractivity (Wildman–Crippen MR) is 180 cm³/mol. The number of fused-ring (bicyclic) bond motifs is 2. The minimum Gasteiger partial charge on any atom is -0.465 e. The summed E-state index contributed by atoms with van der Waals surface area (Å²) in [7, 11) is 1.38. The third-order valence-corrected chi connectivity index (χ3v) is 7.44. The molecule has 6 aromatic carbocycles. The lowest BCUT2D eigenvalue weighted by molar-refractivity contribution is 0.0591. The number of ether oxygens (including phenoxy) is 2. The van der Waals surface area contributed by atoms with Gasteiger partial charge in [0.25, 0.3) is 0 Å². The molecule has 6 rings (SSSR count). The number of halogens is 1. The number of benzene rings is 6. The highest BCUT2D eigenvalue weighted by Gasteiger charge is 2.13. The van der Waals surface area contributed by atoms with Crippen LogP contribution in [0.5, 0.6) is 0 Å². The van der Waals surface area contributed by atoms with E-state index in [1.165, 1.54) is 19.6 Å². The quantitative estimate of drug-likeness (QED) is 0.157. The third kappa shape index (κ3) is 8.20. The first-order chi connectivity index (χ1) is 21.3. The molecular weight excluding hydrogens is 619 g/mol. The molecule has 0 unspecified atom stereocenters. The predicted octanol–water partition coefficient (Wildman–Crippen LogP) is 7.05. The van der Waals surface area contributed by atoms with Crippen molar-refractivity contribution in [2.75, 3.05) is 14.2 Å². The summed E-state index contributed by atoms with van der Waals surface area (Å²) in [6, 6.07) is 42.2. The van der Waals surface area contributed by atoms with Crippen molar-refractivity contribution in [3.05, 3.63) is 149 Å². The van der Waals surface area contributed by atoms with Crippen molar-refractivity contribution >= 4 is 62.0 Å². The summed E-state index contributed by atoms with van der Waals surface area (Å²) in [5, 5.41) is 22.3. The van der Waals surface area contributed by atoms with E-state index in [9.17, 15) is 9.59 Å². The van der Waals surface area contributed by atoms with E-state index in [-0.39, 0.29) is 11.9 Å². The van der Waals surface area contributed by atoms with Crippen molar-refractivity contribution in [2.45, 2.75) is 0 Å². The monoisotopic (exact) mass is 648 g/mol. The highest BCUT2D eigenvalue weighted by molar-refractivity contribution is 9.10. The van der Waals surface area contributed by atoms with E-state index in [1.54, 1.807) is 36.4 Å². The average Bonchev–Trinajstić information content (AvgIpc) is 3.08. The summed E-state index contributed by atoms with van der Waals surface area (Å²) in [6.07, 6.45) is 0. The Morgan fingerprint density at radius 1 is 0.568 bits per heavy atom. The largest absolute Gasteiger partial charge is 0.488 e. The van der Waals surface area contributed by atoms with Crippen molar-refractivity contribution in [2.24, 2.45) is 0 Å². The number of hydrogen-bond donors (Lipinski definition) is 2. The van der Waals surface area contributed by atoms with Gasteiger partial charge in [0.1, 0.15) is 0 Å². The van der Waals surface area contributed by atoms with Gasteiger partial charge in [0.15, 0.2) is 0 Å². The van der Waals surface area contributed by atoms with E-state index in [0.29, 0.717) is 16.6 Å². The molecule has 0 radical (unpaired) electrons.